The van der Waals surface area contributed by atoms with Gasteiger partial charge in [0, 0.05) is 29.7 Å². The molecule has 1 fully saturated rings. The van der Waals surface area contributed by atoms with Crippen LogP contribution in [0.15, 0.2) is 59.1 Å². The number of urea groups is 1. The first-order valence-electron chi connectivity index (χ1n) is 9.75. The van der Waals surface area contributed by atoms with Crippen LogP contribution in [0.25, 0.3) is 0 Å². The highest BCUT2D eigenvalue weighted by Gasteiger charge is 2.44. The van der Waals surface area contributed by atoms with Crippen LogP contribution in [0.1, 0.15) is 29.3 Å². The molecule has 152 valence electrons. The number of thiophene rings is 1. The highest BCUT2D eigenvalue weighted by atomic mass is 32.1. The second-order valence-corrected chi connectivity index (χ2v) is 8.53. The maximum Gasteiger partial charge on any atom is 0.338 e. The van der Waals surface area contributed by atoms with E-state index >= 15 is 0 Å². The summed E-state index contributed by atoms with van der Waals surface area (Å²) in [6.07, 6.45) is 1.91. The second-order valence-electron chi connectivity index (χ2n) is 7.50. The van der Waals surface area contributed by atoms with Crippen LogP contribution in [0.2, 0.25) is 0 Å². The number of methoxy groups -OCH3 is 1. The fraction of sp³-hybridized carbons (Fsp3) is 0.364. The number of ether oxygens (including phenoxy) is 1. The zero-order valence-electron chi connectivity index (χ0n) is 16.6. The molecule has 0 bridgehead atoms. The summed E-state index contributed by atoms with van der Waals surface area (Å²) in [6.45, 7) is 1.25. The van der Waals surface area contributed by atoms with E-state index in [1.807, 2.05) is 43.4 Å². The predicted molar refractivity (Wildman–Crippen MR) is 112 cm³/mol. The molecule has 0 spiro atoms. The van der Waals surface area contributed by atoms with Crippen molar-refractivity contribution in [1.82, 2.24) is 15.1 Å². The molecule has 2 aliphatic rings. The van der Waals surface area contributed by atoms with E-state index in [1.54, 1.807) is 16.2 Å². The number of amides is 2. The molecule has 2 heterocycles. The van der Waals surface area contributed by atoms with Crippen molar-refractivity contribution in [1.29, 1.82) is 0 Å². The Morgan fingerprint density at radius 2 is 1.97 bits per heavy atom. The number of nitrogens with zero attached hydrogens (tertiary/aromatic N) is 2. The van der Waals surface area contributed by atoms with Gasteiger partial charge in [0.15, 0.2) is 0 Å². The summed E-state index contributed by atoms with van der Waals surface area (Å²) < 4.78 is 5.15. The molecular formula is C22H25N3O3S. The van der Waals surface area contributed by atoms with Gasteiger partial charge in [-0.3, -0.25) is 9.80 Å². The van der Waals surface area contributed by atoms with Crippen LogP contribution in [-0.4, -0.2) is 48.5 Å². The van der Waals surface area contributed by atoms with E-state index in [4.69, 9.17) is 4.74 Å². The van der Waals surface area contributed by atoms with Crippen molar-refractivity contribution in [2.75, 3.05) is 20.7 Å². The fourth-order valence-corrected chi connectivity index (χ4v) is 4.57. The summed E-state index contributed by atoms with van der Waals surface area (Å²) in [5, 5.41) is 5.08. The molecule has 1 unspecified atom stereocenters. The van der Waals surface area contributed by atoms with Crippen molar-refractivity contribution < 1.29 is 14.3 Å². The number of hydrogen-bond donors (Lipinski definition) is 1. The quantitative estimate of drug-likeness (QED) is 0.708. The van der Waals surface area contributed by atoms with E-state index in [-0.39, 0.29) is 12.1 Å². The van der Waals surface area contributed by atoms with Gasteiger partial charge in [0.25, 0.3) is 0 Å². The Bertz CT molecular complexity index is 907. The number of nitrogens with one attached hydrogen (secondary N) is 1. The summed E-state index contributed by atoms with van der Waals surface area (Å²) in [7, 11) is 3.40. The molecule has 1 atom stereocenters. The van der Waals surface area contributed by atoms with Crippen molar-refractivity contribution in [3.8, 4) is 0 Å². The summed E-state index contributed by atoms with van der Waals surface area (Å²) in [5.41, 5.74) is 2.13. The lowest BCUT2D eigenvalue weighted by molar-refractivity contribution is -0.136. The molecule has 1 saturated carbocycles. The van der Waals surface area contributed by atoms with Crippen LogP contribution in [0.4, 0.5) is 4.79 Å². The first kappa shape index (κ1) is 19.7. The largest absolute Gasteiger partial charge is 0.466 e. The van der Waals surface area contributed by atoms with Gasteiger partial charge in [0.1, 0.15) is 0 Å². The Morgan fingerprint density at radius 3 is 2.59 bits per heavy atom. The van der Waals surface area contributed by atoms with E-state index in [9.17, 15) is 9.59 Å². The van der Waals surface area contributed by atoms with Gasteiger partial charge in [-0.2, -0.15) is 0 Å². The minimum atomic E-state index is -0.517. The molecule has 0 radical (unpaired) electrons. The maximum absolute atomic E-state index is 13.0. The van der Waals surface area contributed by atoms with Gasteiger partial charge >= 0.3 is 12.0 Å². The number of hydrogen-bond acceptors (Lipinski definition) is 5. The number of esters is 1. The van der Waals surface area contributed by atoms with Gasteiger partial charge in [0.2, 0.25) is 0 Å². The maximum atomic E-state index is 13.0. The first-order chi connectivity index (χ1) is 14.1. The van der Waals surface area contributed by atoms with Gasteiger partial charge < -0.3 is 10.1 Å². The van der Waals surface area contributed by atoms with Crippen LogP contribution >= 0.6 is 11.3 Å². The Morgan fingerprint density at radius 1 is 1.21 bits per heavy atom. The molecule has 2 amide bonds. The molecule has 4 rings (SSSR count). The number of rotatable bonds is 7. The Balaban J connectivity index is 1.74. The van der Waals surface area contributed by atoms with E-state index in [0.29, 0.717) is 12.1 Å². The molecule has 0 saturated heterocycles. The third-order valence-electron chi connectivity index (χ3n) is 5.25. The molecule has 6 nitrogen and oxygen atoms in total. The van der Waals surface area contributed by atoms with Crippen LogP contribution < -0.4 is 5.32 Å². The molecule has 2 aromatic rings. The second kappa shape index (κ2) is 8.39. The highest BCUT2D eigenvalue weighted by molar-refractivity contribution is 7.09. The number of carbonyl (C=O) groups is 2. The van der Waals surface area contributed by atoms with Crippen molar-refractivity contribution in [3.63, 3.8) is 0 Å². The minimum Gasteiger partial charge on any atom is -0.466 e. The van der Waals surface area contributed by atoms with E-state index < -0.39 is 12.0 Å². The van der Waals surface area contributed by atoms with Gasteiger partial charge in [-0.15, -0.1) is 11.3 Å². The van der Waals surface area contributed by atoms with Crippen LogP contribution in [0.3, 0.4) is 0 Å². The summed E-state index contributed by atoms with van der Waals surface area (Å²) in [4.78, 5) is 31.1. The van der Waals surface area contributed by atoms with Gasteiger partial charge in [-0.05, 0) is 36.9 Å². The van der Waals surface area contributed by atoms with Crippen molar-refractivity contribution >= 4 is 23.3 Å². The lowest BCUT2D eigenvalue weighted by Gasteiger charge is -2.38. The molecule has 1 aliphatic carbocycles. The molecule has 1 N–H and O–H groups in total. The van der Waals surface area contributed by atoms with Crippen LogP contribution in [0, 0.1) is 0 Å². The van der Waals surface area contributed by atoms with Gasteiger partial charge in [-0.25, -0.2) is 9.59 Å². The first-order valence-corrected chi connectivity index (χ1v) is 10.6. The molecular weight excluding hydrogens is 386 g/mol. The summed E-state index contributed by atoms with van der Waals surface area (Å²) in [5.74, 6) is -0.399. The summed E-state index contributed by atoms with van der Waals surface area (Å²) >= 11 is 1.70. The topological polar surface area (TPSA) is 61.9 Å². The van der Waals surface area contributed by atoms with E-state index in [1.165, 1.54) is 12.0 Å². The highest BCUT2D eigenvalue weighted by Crippen LogP contribution is 2.38. The summed E-state index contributed by atoms with van der Waals surface area (Å²) in [6, 6.07) is 13.2. The lowest BCUT2D eigenvalue weighted by atomic mass is 9.94. The average molecular weight is 412 g/mol. The van der Waals surface area contributed by atoms with Crippen molar-refractivity contribution in [2.24, 2.45) is 0 Å². The molecule has 7 heteroatoms. The zero-order valence-corrected chi connectivity index (χ0v) is 17.4. The van der Waals surface area contributed by atoms with E-state index in [2.05, 4.69) is 21.7 Å². The van der Waals surface area contributed by atoms with Crippen molar-refractivity contribution in [3.05, 3.63) is 69.6 Å². The Labute approximate surface area is 174 Å². The molecule has 1 aromatic heterocycles. The van der Waals surface area contributed by atoms with E-state index in [0.717, 1.165) is 30.6 Å². The van der Waals surface area contributed by atoms with Gasteiger partial charge in [-0.1, -0.05) is 36.4 Å². The number of likely N-dealkylation sites (N-methyl/N-ethyl adjacent to an activating group) is 1. The average Bonchev–Trinajstić information content (AvgIpc) is 3.43. The van der Waals surface area contributed by atoms with Gasteiger partial charge in [0.05, 0.1) is 18.7 Å². The number of carbonyl (C=O) groups excluding carboxylic acids is 2. The smallest absolute Gasteiger partial charge is 0.338 e. The Hall–Kier alpha value is -2.64. The van der Waals surface area contributed by atoms with Crippen molar-refractivity contribution in [2.45, 2.75) is 31.5 Å². The predicted octanol–water partition coefficient (Wildman–Crippen LogP) is 3.54. The lowest BCUT2D eigenvalue weighted by Crippen LogP contribution is -2.51. The fourth-order valence-electron chi connectivity index (χ4n) is 3.79. The monoisotopic (exact) mass is 411 g/mol. The normalized spacial score (nSPS) is 19.5. The molecule has 1 aromatic carbocycles. The molecule has 1 aliphatic heterocycles. The van der Waals surface area contributed by atoms with Crippen LogP contribution in [-0.2, 0) is 16.1 Å². The number of benzene rings is 1. The third kappa shape index (κ3) is 4.21. The third-order valence-corrected chi connectivity index (χ3v) is 6.11. The zero-order chi connectivity index (χ0) is 20.4. The minimum absolute atomic E-state index is 0.145. The molecule has 29 heavy (non-hydrogen) atoms. The SMILES string of the molecule is COC(=O)C1=C(CN(C)Cc2cccs2)N(C2CC2)C(=O)NC1c1ccccc1. The van der Waals surface area contributed by atoms with Crippen LogP contribution in [0.5, 0.6) is 0 Å². The standard InChI is InChI=1S/C22H25N3O3S/c1-24(13-17-9-6-12-29-17)14-18-19(21(26)28-2)20(15-7-4-3-5-8-15)23-22(27)25(18)16-10-11-16/h3-9,12,16,20H,10-11,13-14H2,1-2H3,(H,23,27). The Kier molecular flexibility index (Phi) is 5.69.